The zero-order chi connectivity index (χ0) is 27.1. The maximum absolute atomic E-state index is 13.4. The standard InChI is InChI=1S/C30H44N2O4/c1-9-12-16-26(28(35)32-24-15-13-14-23(27(24)34)31-20(4)33)36-25-18-17-21(29(5,6)10-2)19-22(25)30(7,8)11-3/h13-15,17-19,26,34H,9-12,16H2,1-8H3,(H,31,33)(H,32,35). The van der Waals surface area contributed by atoms with Crippen LogP contribution in [0.5, 0.6) is 11.5 Å². The van der Waals surface area contributed by atoms with Crippen LogP contribution in [0, 0.1) is 0 Å². The molecule has 1 atom stereocenters. The maximum atomic E-state index is 13.4. The molecule has 0 fully saturated rings. The molecular weight excluding hydrogens is 452 g/mol. The van der Waals surface area contributed by atoms with E-state index >= 15 is 0 Å². The second kappa shape index (κ2) is 12.3. The zero-order valence-electron chi connectivity index (χ0n) is 23.2. The molecular formula is C30H44N2O4. The van der Waals surface area contributed by atoms with E-state index in [0.29, 0.717) is 12.2 Å². The molecule has 2 aromatic rings. The maximum Gasteiger partial charge on any atom is 0.265 e. The average Bonchev–Trinajstić information content (AvgIpc) is 2.83. The van der Waals surface area contributed by atoms with Crippen LogP contribution < -0.4 is 15.4 Å². The number of anilines is 2. The molecule has 36 heavy (non-hydrogen) atoms. The van der Waals surface area contributed by atoms with Gasteiger partial charge in [-0.2, -0.15) is 0 Å². The van der Waals surface area contributed by atoms with Crippen LogP contribution in [0.15, 0.2) is 36.4 Å². The monoisotopic (exact) mass is 496 g/mol. The Hall–Kier alpha value is -3.02. The van der Waals surface area contributed by atoms with Gasteiger partial charge in [0, 0.05) is 12.5 Å². The molecule has 6 heteroatoms. The molecule has 0 aliphatic carbocycles. The molecule has 0 spiro atoms. The number of benzene rings is 2. The smallest absolute Gasteiger partial charge is 0.265 e. The molecule has 198 valence electrons. The summed E-state index contributed by atoms with van der Waals surface area (Å²) in [5.74, 6) is -0.116. The average molecular weight is 497 g/mol. The number of rotatable bonds is 12. The van der Waals surface area contributed by atoms with E-state index in [2.05, 4.69) is 71.2 Å². The molecule has 0 aliphatic rings. The van der Waals surface area contributed by atoms with Crippen molar-refractivity contribution in [3.8, 4) is 11.5 Å². The van der Waals surface area contributed by atoms with Gasteiger partial charge in [-0.05, 0) is 60.3 Å². The number of carbonyl (C=O) groups excluding carboxylic acids is 2. The van der Waals surface area contributed by atoms with Gasteiger partial charge < -0.3 is 20.5 Å². The summed E-state index contributed by atoms with van der Waals surface area (Å²) in [5, 5.41) is 16.0. The van der Waals surface area contributed by atoms with Crippen molar-refractivity contribution in [2.45, 2.75) is 104 Å². The fraction of sp³-hybridized carbons (Fsp3) is 0.533. The minimum atomic E-state index is -0.731. The Labute approximate surface area is 216 Å². The summed E-state index contributed by atoms with van der Waals surface area (Å²) < 4.78 is 6.44. The van der Waals surface area contributed by atoms with Crippen molar-refractivity contribution in [1.82, 2.24) is 0 Å². The number of aromatic hydroxyl groups is 1. The van der Waals surface area contributed by atoms with Crippen molar-refractivity contribution in [2.75, 3.05) is 10.6 Å². The molecule has 0 aliphatic heterocycles. The lowest BCUT2D eigenvalue weighted by molar-refractivity contribution is -0.123. The second-order valence-electron chi connectivity index (χ2n) is 10.8. The summed E-state index contributed by atoms with van der Waals surface area (Å²) in [6, 6.07) is 11.2. The molecule has 2 rings (SSSR count). The third-order valence-electron chi connectivity index (χ3n) is 7.24. The lowest BCUT2D eigenvalue weighted by Gasteiger charge is -2.31. The Balaban J connectivity index is 2.42. The number of phenols is 1. The highest BCUT2D eigenvalue weighted by molar-refractivity contribution is 5.98. The first-order chi connectivity index (χ1) is 16.9. The number of ether oxygens (including phenoxy) is 1. The first-order valence-corrected chi connectivity index (χ1v) is 13.1. The van der Waals surface area contributed by atoms with E-state index in [1.807, 2.05) is 6.07 Å². The largest absolute Gasteiger partial charge is 0.504 e. The Kier molecular flexibility index (Phi) is 9.97. The molecule has 0 saturated heterocycles. The molecule has 1 unspecified atom stereocenters. The Morgan fingerprint density at radius 3 is 2.11 bits per heavy atom. The van der Waals surface area contributed by atoms with Crippen LogP contribution in [-0.2, 0) is 20.4 Å². The summed E-state index contributed by atoms with van der Waals surface area (Å²) in [5.41, 5.74) is 2.72. The lowest BCUT2D eigenvalue weighted by Crippen LogP contribution is -2.34. The second-order valence-corrected chi connectivity index (χ2v) is 10.8. The number of hydrogen-bond acceptors (Lipinski definition) is 4. The van der Waals surface area contributed by atoms with Gasteiger partial charge in [0.05, 0.1) is 11.4 Å². The number of unbranched alkanes of at least 4 members (excludes halogenated alkanes) is 1. The van der Waals surface area contributed by atoms with Gasteiger partial charge in [-0.25, -0.2) is 0 Å². The fourth-order valence-corrected chi connectivity index (χ4v) is 3.91. The summed E-state index contributed by atoms with van der Waals surface area (Å²) in [7, 11) is 0. The van der Waals surface area contributed by atoms with Crippen LogP contribution in [-0.4, -0.2) is 23.0 Å². The predicted molar refractivity (Wildman–Crippen MR) is 148 cm³/mol. The molecule has 0 bridgehead atoms. The SMILES string of the molecule is CCCCC(Oc1ccc(C(C)(C)CC)cc1C(C)(C)CC)C(=O)Nc1cccc(NC(C)=O)c1O. The van der Waals surface area contributed by atoms with Gasteiger partial charge in [-0.15, -0.1) is 0 Å². The molecule has 0 saturated carbocycles. The van der Waals surface area contributed by atoms with E-state index in [0.717, 1.165) is 31.2 Å². The van der Waals surface area contributed by atoms with Crippen molar-refractivity contribution >= 4 is 23.2 Å². The quantitative estimate of drug-likeness (QED) is 0.269. The summed E-state index contributed by atoms with van der Waals surface area (Å²) in [6.07, 6.45) is 3.50. The third kappa shape index (κ3) is 7.25. The van der Waals surface area contributed by atoms with Crippen LogP contribution in [0.3, 0.4) is 0 Å². The summed E-state index contributed by atoms with van der Waals surface area (Å²) in [6.45, 7) is 16.7. The van der Waals surface area contributed by atoms with E-state index in [1.54, 1.807) is 18.2 Å². The first kappa shape index (κ1) is 29.2. The van der Waals surface area contributed by atoms with E-state index in [1.165, 1.54) is 12.5 Å². The van der Waals surface area contributed by atoms with E-state index in [9.17, 15) is 14.7 Å². The summed E-state index contributed by atoms with van der Waals surface area (Å²) >= 11 is 0. The van der Waals surface area contributed by atoms with Crippen LogP contribution >= 0.6 is 0 Å². The summed E-state index contributed by atoms with van der Waals surface area (Å²) in [4.78, 5) is 24.8. The molecule has 0 radical (unpaired) electrons. The minimum Gasteiger partial charge on any atom is -0.504 e. The topological polar surface area (TPSA) is 87.7 Å². The van der Waals surface area contributed by atoms with E-state index in [4.69, 9.17) is 4.74 Å². The van der Waals surface area contributed by atoms with Crippen molar-refractivity contribution in [1.29, 1.82) is 0 Å². The van der Waals surface area contributed by atoms with Crippen molar-refractivity contribution < 1.29 is 19.4 Å². The van der Waals surface area contributed by atoms with Crippen molar-refractivity contribution in [3.63, 3.8) is 0 Å². The number of phenolic OH excluding ortho intramolecular Hbond substituents is 1. The number of hydrogen-bond donors (Lipinski definition) is 3. The number of nitrogens with one attached hydrogen (secondary N) is 2. The molecule has 0 heterocycles. The zero-order valence-corrected chi connectivity index (χ0v) is 23.2. The molecule has 2 amide bonds. The highest BCUT2D eigenvalue weighted by Gasteiger charge is 2.29. The number of para-hydroxylation sites is 1. The van der Waals surface area contributed by atoms with Crippen LogP contribution in [0.1, 0.15) is 98.6 Å². The highest BCUT2D eigenvalue weighted by atomic mass is 16.5. The minimum absolute atomic E-state index is 0.0343. The highest BCUT2D eigenvalue weighted by Crippen LogP contribution is 2.39. The van der Waals surface area contributed by atoms with Gasteiger partial charge in [0.1, 0.15) is 5.75 Å². The number of carbonyl (C=O) groups is 2. The third-order valence-corrected chi connectivity index (χ3v) is 7.24. The lowest BCUT2D eigenvalue weighted by atomic mass is 9.76. The van der Waals surface area contributed by atoms with Crippen molar-refractivity contribution in [3.05, 3.63) is 47.5 Å². The van der Waals surface area contributed by atoms with Crippen LogP contribution in [0.4, 0.5) is 11.4 Å². The van der Waals surface area contributed by atoms with Crippen molar-refractivity contribution in [2.24, 2.45) is 0 Å². The Morgan fingerprint density at radius 2 is 1.56 bits per heavy atom. The molecule has 0 aromatic heterocycles. The number of amides is 2. The molecule has 3 N–H and O–H groups in total. The fourth-order valence-electron chi connectivity index (χ4n) is 3.91. The Bertz CT molecular complexity index is 1060. The first-order valence-electron chi connectivity index (χ1n) is 13.1. The van der Waals surface area contributed by atoms with Gasteiger partial charge in [0.2, 0.25) is 5.91 Å². The molecule has 6 nitrogen and oxygen atoms in total. The van der Waals surface area contributed by atoms with Gasteiger partial charge in [-0.3, -0.25) is 9.59 Å². The van der Waals surface area contributed by atoms with E-state index < -0.39 is 6.10 Å². The van der Waals surface area contributed by atoms with Gasteiger partial charge in [0.25, 0.3) is 5.91 Å². The Morgan fingerprint density at radius 1 is 0.944 bits per heavy atom. The van der Waals surface area contributed by atoms with Gasteiger partial charge in [-0.1, -0.05) is 73.1 Å². The van der Waals surface area contributed by atoms with E-state index in [-0.39, 0.29) is 39.8 Å². The van der Waals surface area contributed by atoms with Gasteiger partial charge in [0.15, 0.2) is 11.9 Å². The van der Waals surface area contributed by atoms with Gasteiger partial charge >= 0.3 is 0 Å². The molecule has 2 aromatic carbocycles. The normalized spacial score (nSPS) is 12.7. The predicted octanol–water partition coefficient (Wildman–Crippen LogP) is 7.30. The van der Waals surface area contributed by atoms with Crippen LogP contribution in [0.25, 0.3) is 0 Å². The van der Waals surface area contributed by atoms with Crippen LogP contribution in [0.2, 0.25) is 0 Å².